The summed E-state index contributed by atoms with van der Waals surface area (Å²) in [4.78, 5) is 14.7. The molecule has 4 aromatic carbocycles. The smallest absolute Gasteiger partial charge is 0.262 e. The molecule has 34 heavy (non-hydrogen) atoms. The van der Waals surface area contributed by atoms with E-state index < -0.39 is 5.91 Å². The molecule has 0 heterocycles. The predicted octanol–water partition coefficient (Wildman–Crippen LogP) is 7.03. The number of rotatable bonds is 7. The Morgan fingerprint density at radius 3 is 1.85 bits per heavy atom. The van der Waals surface area contributed by atoms with E-state index in [0.717, 1.165) is 28.2 Å². The Morgan fingerprint density at radius 2 is 1.32 bits per heavy atom. The lowest BCUT2D eigenvalue weighted by Crippen LogP contribution is -2.23. The first-order chi connectivity index (χ1) is 16.6. The maximum Gasteiger partial charge on any atom is 0.262 e. The molecule has 0 aliphatic heterocycles. The fraction of sp³-hybridized carbons (Fsp3) is 0.0345. The van der Waals surface area contributed by atoms with Crippen LogP contribution in [0.4, 0.5) is 17.1 Å². The van der Waals surface area contributed by atoms with E-state index in [0.29, 0.717) is 11.6 Å². The minimum absolute atomic E-state index is 0.0460. The van der Waals surface area contributed by atoms with E-state index in [2.05, 4.69) is 34.5 Å². The molecule has 166 valence electrons. The molecule has 1 N–H and O–H groups in total. The third kappa shape index (κ3) is 5.72. The van der Waals surface area contributed by atoms with Crippen LogP contribution in [-0.4, -0.2) is 5.91 Å². The lowest BCUT2D eigenvalue weighted by atomic mass is 10.1. The number of hydrogen-bond donors (Lipinski definition) is 1. The van der Waals surface area contributed by atoms with Crippen LogP contribution in [0.2, 0.25) is 5.02 Å². The Balaban J connectivity index is 1.53. The molecule has 4 rings (SSSR count). The van der Waals surface area contributed by atoms with Gasteiger partial charge in [0.25, 0.3) is 5.91 Å². The summed E-state index contributed by atoms with van der Waals surface area (Å²) in [5.74, 6) is -0.420. The standard InChI is InChI=1S/C29H22ClN3O/c30-25-15-11-23(12-16-25)21-32-29(34)24(20-31)19-22-13-17-28(18-14-22)33(26-7-3-1-4-8-26)27-9-5-2-6-10-27/h1-19H,21H2,(H,32,34)/b24-19-. The zero-order valence-corrected chi connectivity index (χ0v) is 19.1. The van der Waals surface area contributed by atoms with Crippen molar-refractivity contribution in [3.63, 3.8) is 0 Å². The van der Waals surface area contributed by atoms with E-state index in [1.165, 1.54) is 0 Å². The maximum absolute atomic E-state index is 12.5. The highest BCUT2D eigenvalue weighted by Gasteiger charge is 2.12. The van der Waals surface area contributed by atoms with Gasteiger partial charge in [-0.2, -0.15) is 5.26 Å². The molecule has 4 aromatic rings. The number of nitrogens with zero attached hydrogens (tertiary/aromatic N) is 2. The van der Waals surface area contributed by atoms with Crippen molar-refractivity contribution in [2.75, 3.05) is 4.90 Å². The van der Waals surface area contributed by atoms with Crippen molar-refractivity contribution >= 4 is 40.6 Å². The molecule has 0 aliphatic carbocycles. The summed E-state index contributed by atoms with van der Waals surface area (Å²) in [5, 5.41) is 12.9. The van der Waals surface area contributed by atoms with Crippen molar-refractivity contribution in [2.24, 2.45) is 0 Å². The second-order valence-electron chi connectivity index (χ2n) is 7.58. The van der Waals surface area contributed by atoms with Gasteiger partial charge < -0.3 is 10.2 Å². The van der Waals surface area contributed by atoms with Gasteiger partial charge in [0.1, 0.15) is 11.6 Å². The SMILES string of the molecule is N#C/C(=C/c1ccc(N(c2ccccc2)c2ccccc2)cc1)C(=O)NCc1ccc(Cl)cc1. The number of halogens is 1. The molecule has 1 amide bonds. The fourth-order valence-corrected chi connectivity index (χ4v) is 3.64. The van der Waals surface area contributed by atoms with E-state index in [1.54, 1.807) is 18.2 Å². The molecular formula is C29H22ClN3O. The van der Waals surface area contributed by atoms with E-state index >= 15 is 0 Å². The lowest BCUT2D eigenvalue weighted by molar-refractivity contribution is -0.117. The van der Waals surface area contributed by atoms with Gasteiger partial charge in [-0.25, -0.2) is 0 Å². The molecule has 0 spiro atoms. The topological polar surface area (TPSA) is 56.1 Å². The summed E-state index contributed by atoms with van der Waals surface area (Å²) in [6.45, 7) is 0.317. The van der Waals surface area contributed by atoms with Gasteiger partial charge in [-0.3, -0.25) is 4.79 Å². The molecule has 0 unspecified atom stereocenters. The first kappa shape index (κ1) is 22.8. The average molecular weight is 464 g/mol. The summed E-state index contributed by atoms with van der Waals surface area (Å²) in [7, 11) is 0. The summed E-state index contributed by atoms with van der Waals surface area (Å²) in [6.07, 6.45) is 1.59. The number of amides is 1. The number of hydrogen-bond acceptors (Lipinski definition) is 3. The molecule has 0 radical (unpaired) electrons. The number of nitrogens with one attached hydrogen (secondary N) is 1. The van der Waals surface area contributed by atoms with Gasteiger partial charge in [-0.05, 0) is 65.7 Å². The van der Waals surface area contributed by atoms with E-state index in [4.69, 9.17) is 11.6 Å². The third-order valence-electron chi connectivity index (χ3n) is 5.22. The Bertz CT molecular complexity index is 1270. The van der Waals surface area contributed by atoms with Crippen molar-refractivity contribution in [1.29, 1.82) is 5.26 Å². The lowest BCUT2D eigenvalue weighted by Gasteiger charge is -2.25. The molecule has 5 heteroatoms. The quantitative estimate of drug-likeness (QED) is 0.236. The van der Waals surface area contributed by atoms with Crippen LogP contribution in [-0.2, 0) is 11.3 Å². The van der Waals surface area contributed by atoms with Gasteiger partial charge in [-0.15, -0.1) is 0 Å². The van der Waals surface area contributed by atoms with Crippen LogP contribution >= 0.6 is 11.6 Å². The summed E-state index contributed by atoms with van der Waals surface area (Å²) in [5.41, 5.74) is 4.77. The van der Waals surface area contributed by atoms with Gasteiger partial charge in [-0.1, -0.05) is 72.3 Å². The van der Waals surface area contributed by atoms with Crippen molar-refractivity contribution in [3.05, 3.63) is 131 Å². The van der Waals surface area contributed by atoms with Crippen LogP contribution in [0.3, 0.4) is 0 Å². The fourth-order valence-electron chi connectivity index (χ4n) is 3.52. The highest BCUT2D eigenvalue weighted by Crippen LogP contribution is 2.34. The summed E-state index contributed by atoms with van der Waals surface area (Å²) >= 11 is 5.90. The Labute approximate surface area is 204 Å². The van der Waals surface area contributed by atoms with Gasteiger partial charge in [0.15, 0.2) is 0 Å². The molecule has 0 fully saturated rings. The zero-order valence-electron chi connectivity index (χ0n) is 18.4. The maximum atomic E-state index is 12.5. The number of carbonyl (C=O) groups is 1. The number of benzene rings is 4. The van der Waals surface area contributed by atoms with Crippen LogP contribution in [0.25, 0.3) is 6.08 Å². The second kappa shape index (κ2) is 11.0. The van der Waals surface area contributed by atoms with Crippen LogP contribution in [0.1, 0.15) is 11.1 Å². The molecule has 4 nitrogen and oxygen atoms in total. The van der Waals surface area contributed by atoms with E-state index in [1.807, 2.05) is 78.9 Å². The first-order valence-corrected chi connectivity index (χ1v) is 11.2. The average Bonchev–Trinajstić information content (AvgIpc) is 2.89. The Morgan fingerprint density at radius 1 is 0.794 bits per heavy atom. The van der Waals surface area contributed by atoms with E-state index in [-0.39, 0.29) is 5.57 Å². The van der Waals surface area contributed by atoms with Crippen molar-refractivity contribution in [1.82, 2.24) is 5.32 Å². The third-order valence-corrected chi connectivity index (χ3v) is 5.47. The highest BCUT2D eigenvalue weighted by atomic mass is 35.5. The Kier molecular flexibility index (Phi) is 7.39. The Hall–Kier alpha value is -4.33. The molecule has 0 aromatic heterocycles. The van der Waals surface area contributed by atoms with Crippen LogP contribution < -0.4 is 10.2 Å². The van der Waals surface area contributed by atoms with E-state index in [9.17, 15) is 10.1 Å². The predicted molar refractivity (Wildman–Crippen MR) is 138 cm³/mol. The molecular weight excluding hydrogens is 442 g/mol. The largest absolute Gasteiger partial charge is 0.347 e. The molecule has 0 aliphatic rings. The number of anilines is 3. The van der Waals surface area contributed by atoms with Crippen molar-refractivity contribution in [2.45, 2.75) is 6.54 Å². The normalized spacial score (nSPS) is 10.9. The number of carbonyl (C=O) groups excluding carboxylic acids is 1. The molecule has 0 saturated heterocycles. The van der Waals surface area contributed by atoms with Crippen LogP contribution in [0.5, 0.6) is 0 Å². The number of para-hydroxylation sites is 2. The second-order valence-corrected chi connectivity index (χ2v) is 8.01. The number of nitriles is 1. The highest BCUT2D eigenvalue weighted by molar-refractivity contribution is 6.30. The van der Waals surface area contributed by atoms with Crippen LogP contribution in [0.15, 0.2) is 115 Å². The molecule has 0 saturated carbocycles. The van der Waals surface area contributed by atoms with Gasteiger partial charge in [0.2, 0.25) is 0 Å². The summed E-state index contributed by atoms with van der Waals surface area (Å²) in [6, 6.07) is 37.2. The molecule has 0 bridgehead atoms. The summed E-state index contributed by atoms with van der Waals surface area (Å²) < 4.78 is 0. The first-order valence-electron chi connectivity index (χ1n) is 10.8. The van der Waals surface area contributed by atoms with Gasteiger partial charge in [0, 0.05) is 28.6 Å². The zero-order chi connectivity index (χ0) is 23.8. The van der Waals surface area contributed by atoms with Crippen molar-refractivity contribution < 1.29 is 4.79 Å². The minimum atomic E-state index is -0.420. The minimum Gasteiger partial charge on any atom is -0.347 e. The van der Waals surface area contributed by atoms with Crippen LogP contribution in [0, 0.1) is 11.3 Å². The monoisotopic (exact) mass is 463 g/mol. The molecule has 0 atom stereocenters. The van der Waals surface area contributed by atoms with Gasteiger partial charge in [0.05, 0.1) is 0 Å². The van der Waals surface area contributed by atoms with Gasteiger partial charge >= 0.3 is 0 Å². The van der Waals surface area contributed by atoms with Crippen molar-refractivity contribution in [3.8, 4) is 6.07 Å².